The van der Waals surface area contributed by atoms with Crippen LogP contribution in [0.5, 0.6) is 0 Å². The highest BCUT2D eigenvalue weighted by Crippen LogP contribution is 2.32. The second-order valence-corrected chi connectivity index (χ2v) is 3.25. The van der Waals surface area contributed by atoms with Gasteiger partial charge in [0.2, 0.25) is 0 Å². The SMILES string of the molecule is C[C@@H]1C[C@H]1Nc1nccnc1N. The number of nitrogens with zero attached hydrogens (tertiary/aromatic N) is 2. The van der Waals surface area contributed by atoms with E-state index in [1.54, 1.807) is 12.4 Å². The molecule has 0 saturated heterocycles. The largest absolute Gasteiger partial charge is 0.381 e. The van der Waals surface area contributed by atoms with Gasteiger partial charge in [-0.25, -0.2) is 9.97 Å². The fraction of sp³-hybridized carbons (Fsp3) is 0.500. The van der Waals surface area contributed by atoms with Crippen LogP contribution in [0.4, 0.5) is 11.6 Å². The number of hydrogen-bond donors (Lipinski definition) is 2. The lowest BCUT2D eigenvalue weighted by molar-refractivity contribution is 0.922. The minimum absolute atomic E-state index is 0.483. The minimum atomic E-state index is 0.483. The number of hydrogen-bond acceptors (Lipinski definition) is 4. The predicted octanol–water partition coefficient (Wildman–Crippen LogP) is 0.879. The van der Waals surface area contributed by atoms with Crippen LogP contribution in [-0.2, 0) is 0 Å². The zero-order chi connectivity index (χ0) is 8.55. The van der Waals surface area contributed by atoms with Gasteiger partial charge in [0.15, 0.2) is 11.6 Å². The number of rotatable bonds is 2. The lowest BCUT2D eigenvalue weighted by Crippen LogP contribution is -2.08. The maximum atomic E-state index is 5.61. The van der Waals surface area contributed by atoms with Crippen molar-refractivity contribution in [3.63, 3.8) is 0 Å². The predicted molar refractivity (Wildman–Crippen MR) is 47.6 cm³/mol. The molecule has 0 unspecified atom stereocenters. The fourth-order valence-electron chi connectivity index (χ4n) is 1.16. The van der Waals surface area contributed by atoms with E-state index in [1.165, 1.54) is 6.42 Å². The second-order valence-electron chi connectivity index (χ2n) is 3.25. The van der Waals surface area contributed by atoms with Gasteiger partial charge >= 0.3 is 0 Å². The molecule has 1 saturated carbocycles. The van der Waals surface area contributed by atoms with Gasteiger partial charge in [-0.1, -0.05) is 6.92 Å². The first-order valence-electron chi connectivity index (χ1n) is 4.10. The summed E-state index contributed by atoms with van der Waals surface area (Å²) in [6, 6.07) is 0.545. The average Bonchev–Trinajstić information content (AvgIpc) is 2.72. The van der Waals surface area contributed by atoms with Crippen LogP contribution in [0.15, 0.2) is 12.4 Å². The molecule has 12 heavy (non-hydrogen) atoms. The van der Waals surface area contributed by atoms with Crippen molar-refractivity contribution in [1.82, 2.24) is 9.97 Å². The number of nitrogens with one attached hydrogen (secondary N) is 1. The Labute approximate surface area is 71.2 Å². The van der Waals surface area contributed by atoms with Crippen LogP contribution >= 0.6 is 0 Å². The summed E-state index contributed by atoms with van der Waals surface area (Å²) in [5, 5.41) is 3.24. The molecule has 4 nitrogen and oxygen atoms in total. The lowest BCUT2D eigenvalue weighted by Gasteiger charge is -2.04. The van der Waals surface area contributed by atoms with Crippen LogP contribution < -0.4 is 11.1 Å². The first-order valence-corrected chi connectivity index (χ1v) is 4.10. The zero-order valence-electron chi connectivity index (χ0n) is 6.99. The smallest absolute Gasteiger partial charge is 0.169 e. The molecule has 1 aliphatic rings. The maximum absolute atomic E-state index is 5.61. The molecule has 1 fully saturated rings. The summed E-state index contributed by atoms with van der Waals surface area (Å²) in [5.41, 5.74) is 5.61. The van der Waals surface area contributed by atoms with Gasteiger partial charge in [0, 0.05) is 18.4 Å². The van der Waals surface area contributed by atoms with Crippen molar-refractivity contribution >= 4 is 11.6 Å². The van der Waals surface area contributed by atoms with E-state index in [0.717, 1.165) is 5.92 Å². The third-order valence-corrected chi connectivity index (χ3v) is 2.16. The molecule has 0 radical (unpaired) electrons. The number of anilines is 2. The third-order valence-electron chi connectivity index (χ3n) is 2.16. The van der Waals surface area contributed by atoms with E-state index in [-0.39, 0.29) is 0 Å². The Kier molecular flexibility index (Phi) is 1.60. The van der Waals surface area contributed by atoms with Crippen molar-refractivity contribution < 1.29 is 0 Å². The third kappa shape index (κ3) is 1.32. The van der Waals surface area contributed by atoms with Crippen LogP contribution in [0.1, 0.15) is 13.3 Å². The van der Waals surface area contributed by atoms with Crippen molar-refractivity contribution in [2.45, 2.75) is 19.4 Å². The van der Waals surface area contributed by atoms with Crippen LogP contribution in [0.3, 0.4) is 0 Å². The van der Waals surface area contributed by atoms with Gasteiger partial charge in [-0.2, -0.15) is 0 Å². The maximum Gasteiger partial charge on any atom is 0.169 e. The van der Waals surface area contributed by atoms with E-state index < -0.39 is 0 Å². The monoisotopic (exact) mass is 164 g/mol. The van der Waals surface area contributed by atoms with Crippen molar-refractivity contribution in [3.8, 4) is 0 Å². The molecular formula is C8H12N4. The average molecular weight is 164 g/mol. The van der Waals surface area contributed by atoms with Crippen molar-refractivity contribution in [1.29, 1.82) is 0 Å². The van der Waals surface area contributed by atoms with Crippen LogP contribution in [0.2, 0.25) is 0 Å². The molecule has 2 rings (SSSR count). The normalized spacial score (nSPS) is 26.8. The molecule has 1 heterocycles. The molecule has 4 heteroatoms. The second kappa shape index (κ2) is 2.62. The summed E-state index contributed by atoms with van der Waals surface area (Å²) in [5.74, 6) is 1.94. The fourth-order valence-corrected chi connectivity index (χ4v) is 1.16. The van der Waals surface area contributed by atoms with E-state index in [9.17, 15) is 0 Å². The summed E-state index contributed by atoms with van der Waals surface area (Å²) >= 11 is 0. The summed E-state index contributed by atoms with van der Waals surface area (Å²) in [4.78, 5) is 8.03. The van der Waals surface area contributed by atoms with Gasteiger partial charge in [-0.15, -0.1) is 0 Å². The summed E-state index contributed by atoms with van der Waals surface area (Å²) in [6.07, 6.45) is 4.44. The Balaban J connectivity index is 2.08. The van der Waals surface area contributed by atoms with E-state index in [2.05, 4.69) is 22.2 Å². The number of aromatic nitrogens is 2. The minimum Gasteiger partial charge on any atom is -0.381 e. The molecule has 64 valence electrons. The molecule has 0 aliphatic heterocycles. The van der Waals surface area contributed by atoms with Gasteiger partial charge in [0.25, 0.3) is 0 Å². The van der Waals surface area contributed by atoms with Crippen molar-refractivity contribution in [3.05, 3.63) is 12.4 Å². The van der Waals surface area contributed by atoms with E-state index in [1.807, 2.05) is 0 Å². The number of nitrogen functional groups attached to an aromatic ring is 1. The summed E-state index contributed by atoms with van der Waals surface area (Å²) in [7, 11) is 0. The Bertz CT molecular complexity index is 286. The molecule has 3 N–H and O–H groups in total. The van der Waals surface area contributed by atoms with Crippen LogP contribution in [-0.4, -0.2) is 16.0 Å². The zero-order valence-corrected chi connectivity index (χ0v) is 6.99. The molecular weight excluding hydrogens is 152 g/mol. The topological polar surface area (TPSA) is 63.8 Å². The molecule has 1 aromatic heterocycles. The Morgan fingerprint density at radius 1 is 1.50 bits per heavy atom. The molecule has 1 aliphatic carbocycles. The molecule has 1 aromatic rings. The molecule has 0 bridgehead atoms. The van der Waals surface area contributed by atoms with Gasteiger partial charge < -0.3 is 11.1 Å². The van der Waals surface area contributed by atoms with E-state index >= 15 is 0 Å². The molecule has 0 spiro atoms. The van der Waals surface area contributed by atoms with Crippen LogP contribution in [0, 0.1) is 5.92 Å². The van der Waals surface area contributed by atoms with Gasteiger partial charge in [0.05, 0.1) is 0 Å². The lowest BCUT2D eigenvalue weighted by atomic mass is 10.4. The van der Waals surface area contributed by atoms with Gasteiger partial charge in [-0.3, -0.25) is 0 Å². The highest BCUT2D eigenvalue weighted by atomic mass is 15.1. The van der Waals surface area contributed by atoms with Gasteiger partial charge in [0.1, 0.15) is 0 Å². The van der Waals surface area contributed by atoms with Crippen LogP contribution in [0.25, 0.3) is 0 Å². The quantitative estimate of drug-likeness (QED) is 0.681. The summed E-state index contributed by atoms with van der Waals surface area (Å²) < 4.78 is 0. The first kappa shape index (κ1) is 7.34. The van der Waals surface area contributed by atoms with Crippen molar-refractivity contribution in [2.24, 2.45) is 5.92 Å². The highest BCUT2D eigenvalue weighted by molar-refractivity contribution is 5.56. The standard InChI is InChI=1S/C8H12N4/c1-5-4-6(5)12-8-7(9)10-2-3-11-8/h2-3,5-6H,4H2,1H3,(H2,9,10)(H,11,12)/t5-,6-/m1/s1. The molecule has 0 aromatic carbocycles. The number of nitrogens with two attached hydrogens (primary N) is 1. The highest BCUT2D eigenvalue weighted by Gasteiger charge is 2.33. The van der Waals surface area contributed by atoms with E-state index in [4.69, 9.17) is 5.73 Å². The van der Waals surface area contributed by atoms with Crippen molar-refractivity contribution in [2.75, 3.05) is 11.1 Å². The summed E-state index contributed by atoms with van der Waals surface area (Å²) in [6.45, 7) is 2.20. The molecule has 2 atom stereocenters. The Hall–Kier alpha value is -1.32. The van der Waals surface area contributed by atoms with Gasteiger partial charge in [-0.05, 0) is 12.3 Å². The molecule has 0 amide bonds. The Morgan fingerprint density at radius 3 is 2.75 bits per heavy atom. The van der Waals surface area contributed by atoms with E-state index in [0.29, 0.717) is 17.7 Å². The Morgan fingerprint density at radius 2 is 2.17 bits per heavy atom. The first-order chi connectivity index (χ1) is 5.77.